The number of hydrogen-bond acceptors (Lipinski definition) is 5. The number of carbonyl (C=O) groups is 2. The molecule has 1 atom stereocenters. The maximum absolute atomic E-state index is 12.8. The molecule has 2 heterocycles. The fraction of sp³-hybridized carbons (Fsp3) is 0.381. The molecule has 1 unspecified atom stereocenters. The first-order valence-corrected chi connectivity index (χ1v) is 9.56. The zero-order valence-corrected chi connectivity index (χ0v) is 17.1. The van der Waals surface area contributed by atoms with E-state index in [0.717, 1.165) is 29.9 Å². The van der Waals surface area contributed by atoms with E-state index in [4.69, 9.17) is 17.0 Å². The molecule has 3 rings (SSSR count). The molecule has 0 bridgehead atoms. The number of hydrogen-bond donors (Lipinski definition) is 0. The Morgan fingerprint density at radius 2 is 1.89 bits per heavy atom. The lowest BCUT2D eigenvalue weighted by Crippen LogP contribution is -2.47. The van der Waals surface area contributed by atoms with Gasteiger partial charge in [-0.15, -0.1) is 0 Å². The number of Topliss-reactive ketones (excluding diaryl/α,β-unsaturated/α-hetero) is 1. The molecule has 27 heavy (non-hydrogen) atoms. The quantitative estimate of drug-likeness (QED) is 0.453. The molecular weight excluding hydrogens is 360 g/mol. The van der Waals surface area contributed by atoms with Crippen LogP contribution in [-0.4, -0.2) is 41.7 Å². The Bertz CT molecular complexity index is 871. The Morgan fingerprint density at radius 3 is 2.52 bits per heavy atom. The molecule has 0 aromatic heterocycles. The van der Waals surface area contributed by atoms with Crippen molar-refractivity contribution in [2.45, 2.75) is 27.7 Å². The summed E-state index contributed by atoms with van der Waals surface area (Å²) < 4.78 is 6.06. The van der Waals surface area contributed by atoms with Gasteiger partial charge in [-0.3, -0.25) is 9.59 Å². The zero-order valence-electron chi connectivity index (χ0n) is 16.3. The summed E-state index contributed by atoms with van der Waals surface area (Å²) in [6.07, 6.45) is 1.76. The van der Waals surface area contributed by atoms with Crippen LogP contribution in [0.3, 0.4) is 0 Å². The average Bonchev–Trinajstić information content (AvgIpc) is 2.66. The van der Waals surface area contributed by atoms with Crippen LogP contribution in [0.1, 0.15) is 33.3 Å². The maximum atomic E-state index is 12.8. The van der Waals surface area contributed by atoms with E-state index in [9.17, 15) is 9.59 Å². The lowest BCUT2D eigenvalue weighted by Gasteiger charge is -2.31. The van der Waals surface area contributed by atoms with Crippen LogP contribution < -0.4 is 9.64 Å². The Kier molecular flexibility index (Phi) is 5.20. The summed E-state index contributed by atoms with van der Waals surface area (Å²) in [5.41, 5.74) is 3.03. The van der Waals surface area contributed by atoms with Gasteiger partial charge in [0.25, 0.3) is 5.91 Å². The molecule has 6 heteroatoms. The largest absolute Gasteiger partial charge is 0.456 e. The summed E-state index contributed by atoms with van der Waals surface area (Å²) in [7, 11) is 1.60. The SMILES string of the molecule is CCN(CC)c1ccc2c(c1)O/C(=C1/C(=O)C(C)C(=S)N(C)C1=O)C=C2C. The summed E-state index contributed by atoms with van der Waals surface area (Å²) >= 11 is 5.22. The van der Waals surface area contributed by atoms with Crippen LogP contribution >= 0.6 is 12.2 Å². The molecule has 0 N–H and O–H groups in total. The minimum absolute atomic E-state index is 0.0665. The van der Waals surface area contributed by atoms with Gasteiger partial charge < -0.3 is 14.5 Å². The number of ether oxygens (including phenoxy) is 1. The summed E-state index contributed by atoms with van der Waals surface area (Å²) in [5, 5.41) is 0. The van der Waals surface area contributed by atoms with Gasteiger partial charge in [-0.05, 0) is 51.5 Å². The molecule has 1 aromatic rings. The van der Waals surface area contributed by atoms with Gasteiger partial charge >= 0.3 is 0 Å². The highest BCUT2D eigenvalue weighted by Gasteiger charge is 2.40. The highest BCUT2D eigenvalue weighted by molar-refractivity contribution is 7.80. The Balaban J connectivity index is 2.09. The maximum Gasteiger partial charge on any atom is 0.265 e. The Labute approximate surface area is 165 Å². The number of carbonyl (C=O) groups excluding carboxylic acids is 2. The summed E-state index contributed by atoms with van der Waals surface area (Å²) in [6, 6.07) is 6.05. The second kappa shape index (κ2) is 7.27. The minimum Gasteiger partial charge on any atom is -0.456 e. The smallest absolute Gasteiger partial charge is 0.265 e. The number of thiocarbonyl (C=S) groups is 1. The van der Waals surface area contributed by atoms with E-state index in [1.807, 2.05) is 19.1 Å². The van der Waals surface area contributed by atoms with Crippen LogP contribution in [0, 0.1) is 5.92 Å². The van der Waals surface area contributed by atoms with Crippen molar-refractivity contribution in [2.75, 3.05) is 25.0 Å². The van der Waals surface area contributed by atoms with Crippen molar-refractivity contribution in [1.82, 2.24) is 4.90 Å². The van der Waals surface area contributed by atoms with E-state index in [1.54, 1.807) is 20.0 Å². The number of ketones is 1. The number of likely N-dealkylation sites (tertiary alicyclic amines) is 1. The van der Waals surface area contributed by atoms with Crippen LogP contribution in [0.15, 0.2) is 35.6 Å². The van der Waals surface area contributed by atoms with Crippen LogP contribution in [-0.2, 0) is 9.59 Å². The van der Waals surface area contributed by atoms with Crippen LogP contribution in [0.4, 0.5) is 5.69 Å². The lowest BCUT2D eigenvalue weighted by molar-refractivity contribution is -0.129. The second-order valence-corrected chi connectivity index (χ2v) is 7.23. The van der Waals surface area contributed by atoms with Gasteiger partial charge in [-0.2, -0.15) is 0 Å². The zero-order chi connectivity index (χ0) is 19.9. The first-order chi connectivity index (χ1) is 12.8. The van der Waals surface area contributed by atoms with Crippen LogP contribution in [0.5, 0.6) is 5.75 Å². The molecule has 2 aliphatic rings. The highest BCUT2D eigenvalue weighted by Crippen LogP contribution is 2.38. The Morgan fingerprint density at radius 1 is 1.22 bits per heavy atom. The summed E-state index contributed by atoms with van der Waals surface area (Å²) in [5.74, 6) is -0.263. The number of anilines is 1. The lowest BCUT2D eigenvalue weighted by atomic mass is 9.91. The van der Waals surface area contributed by atoms with Crippen molar-refractivity contribution < 1.29 is 14.3 Å². The molecule has 0 aliphatic carbocycles. The number of amides is 1. The number of fused-ring (bicyclic) bond motifs is 1. The molecule has 1 fully saturated rings. The van der Waals surface area contributed by atoms with Crippen molar-refractivity contribution in [1.29, 1.82) is 0 Å². The van der Waals surface area contributed by atoms with E-state index in [0.29, 0.717) is 16.5 Å². The van der Waals surface area contributed by atoms with Gasteiger partial charge in [-0.1, -0.05) is 12.2 Å². The topological polar surface area (TPSA) is 49.9 Å². The molecule has 0 spiro atoms. The normalized spacial score (nSPS) is 22.4. The van der Waals surface area contributed by atoms with E-state index >= 15 is 0 Å². The number of likely N-dealkylation sites (N-methyl/N-ethyl adjacent to an activating group) is 1. The molecule has 5 nitrogen and oxygen atoms in total. The van der Waals surface area contributed by atoms with Gasteiger partial charge in [0.1, 0.15) is 17.1 Å². The van der Waals surface area contributed by atoms with E-state index in [1.165, 1.54) is 4.90 Å². The molecule has 1 aromatic carbocycles. The molecule has 2 aliphatic heterocycles. The van der Waals surface area contributed by atoms with E-state index < -0.39 is 11.8 Å². The van der Waals surface area contributed by atoms with Crippen molar-refractivity contribution in [3.05, 3.63) is 41.2 Å². The monoisotopic (exact) mass is 384 g/mol. The third-order valence-corrected chi connectivity index (χ3v) is 5.82. The Hall–Kier alpha value is -2.47. The van der Waals surface area contributed by atoms with Gasteiger partial charge in [0.05, 0.1) is 10.9 Å². The third kappa shape index (κ3) is 3.18. The van der Waals surface area contributed by atoms with E-state index in [2.05, 4.69) is 24.8 Å². The standard InChI is InChI=1S/C21H24N2O3S/c1-6-23(7-2)14-8-9-15-12(3)10-17(26-16(15)11-14)18-19(24)13(4)21(27)22(5)20(18)25/h8-11,13H,6-7H2,1-5H3/b18-17-. The number of rotatable bonds is 3. The van der Waals surface area contributed by atoms with Gasteiger partial charge in [0.2, 0.25) is 0 Å². The third-order valence-electron chi connectivity index (χ3n) is 5.19. The van der Waals surface area contributed by atoms with Crippen molar-refractivity contribution in [3.8, 4) is 5.75 Å². The minimum atomic E-state index is -0.522. The fourth-order valence-electron chi connectivity index (χ4n) is 3.47. The van der Waals surface area contributed by atoms with E-state index in [-0.39, 0.29) is 11.4 Å². The van der Waals surface area contributed by atoms with Crippen LogP contribution in [0.2, 0.25) is 0 Å². The summed E-state index contributed by atoms with van der Waals surface area (Å²) in [6.45, 7) is 9.64. The van der Waals surface area contributed by atoms with Crippen molar-refractivity contribution in [3.63, 3.8) is 0 Å². The van der Waals surface area contributed by atoms with Crippen molar-refractivity contribution in [2.24, 2.45) is 5.92 Å². The van der Waals surface area contributed by atoms with Gasteiger partial charge in [0.15, 0.2) is 5.78 Å². The molecule has 0 saturated carbocycles. The predicted octanol–water partition coefficient (Wildman–Crippen LogP) is 3.59. The van der Waals surface area contributed by atoms with Crippen LogP contribution in [0.25, 0.3) is 5.57 Å². The van der Waals surface area contributed by atoms with Crippen molar-refractivity contribution >= 4 is 40.2 Å². The molecule has 1 amide bonds. The van der Waals surface area contributed by atoms with Gasteiger partial charge in [-0.25, -0.2) is 0 Å². The highest BCUT2D eigenvalue weighted by atomic mass is 32.1. The first-order valence-electron chi connectivity index (χ1n) is 9.16. The second-order valence-electron chi connectivity index (χ2n) is 6.81. The number of allylic oxidation sites excluding steroid dienone is 2. The number of benzene rings is 1. The molecular formula is C21H24N2O3S. The average molecular weight is 385 g/mol. The number of nitrogens with zero attached hydrogens (tertiary/aromatic N) is 2. The first kappa shape index (κ1) is 19.3. The fourth-order valence-corrected chi connectivity index (χ4v) is 3.66. The molecule has 1 saturated heterocycles. The molecule has 0 radical (unpaired) electrons. The number of piperidine rings is 1. The van der Waals surface area contributed by atoms with Gasteiger partial charge in [0, 0.05) is 37.5 Å². The summed E-state index contributed by atoms with van der Waals surface area (Å²) in [4.78, 5) is 29.4. The predicted molar refractivity (Wildman–Crippen MR) is 111 cm³/mol. The molecule has 142 valence electrons.